The molecule has 2 heterocycles. The first-order chi connectivity index (χ1) is 11.9. The number of piperazine rings is 1. The van der Waals surface area contributed by atoms with Gasteiger partial charge in [0.2, 0.25) is 15.9 Å². The van der Waals surface area contributed by atoms with E-state index in [4.69, 9.17) is 0 Å². The van der Waals surface area contributed by atoms with E-state index in [0.717, 1.165) is 37.3 Å². The molecular weight excluding hydrogens is 406 g/mol. The van der Waals surface area contributed by atoms with Crippen LogP contribution in [0.5, 0.6) is 0 Å². The largest absolute Gasteiger partial charge is 0.312 e. The fourth-order valence-corrected chi connectivity index (χ4v) is 5.95. The van der Waals surface area contributed by atoms with E-state index in [2.05, 4.69) is 27.8 Å². The molecule has 1 saturated heterocycles. The SMILES string of the molecule is CCC(=O)N1CCc2cc(Br)c(S(=O)(=O)N3CCN(CC)CC3)cc21. The van der Waals surface area contributed by atoms with Crippen LogP contribution < -0.4 is 4.90 Å². The van der Waals surface area contributed by atoms with Crippen molar-refractivity contribution in [3.63, 3.8) is 0 Å². The molecule has 6 nitrogen and oxygen atoms in total. The molecule has 3 rings (SSSR count). The third-order valence-electron chi connectivity index (χ3n) is 5.03. The molecule has 0 unspecified atom stereocenters. The number of hydrogen-bond donors (Lipinski definition) is 0. The van der Waals surface area contributed by atoms with Crippen molar-refractivity contribution in [1.29, 1.82) is 0 Å². The molecular formula is C17H24BrN3O3S. The van der Waals surface area contributed by atoms with Crippen LogP contribution in [0.1, 0.15) is 25.8 Å². The van der Waals surface area contributed by atoms with Gasteiger partial charge in [-0.25, -0.2) is 8.42 Å². The van der Waals surface area contributed by atoms with Crippen molar-refractivity contribution in [3.8, 4) is 0 Å². The lowest BCUT2D eigenvalue weighted by Crippen LogP contribution is -2.48. The second kappa shape index (κ2) is 7.34. The maximum Gasteiger partial charge on any atom is 0.244 e. The van der Waals surface area contributed by atoms with Crippen LogP contribution in [0.25, 0.3) is 0 Å². The number of likely N-dealkylation sites (N-methyl/N-ethyl adjacent to an activating group) is 1. The molecule has 0 N–H and O–H groups in total. The van der Waals surface area contributed by atoms with Crippen LogP contribution in [-0.4, -0.2) is 62.8 Å². The summed E-state index contributed by atoms with van der Waals surface area (Å²) in [5.41, 5.74) is 1.75. The topological polar surface area (TPSA) is 60.9 Å². The molecule has 0 aromatic heterocycles. The maximum atomic E-state index is 13.1. The van der Waals surface area contributed by atoms with E-state index in [1.54, 1.807) is 15.3 Å². The minimum absolute atomic E-state index is 0.0287. The predicted octanol–water partition coefficient (Wildman–Crippen LogP) is 2.07. The lowest BCUT2D eigenvalue weighted by Gasteiger charge is -2.33. The van der Waals surface area contributed by atoms with Crippen LogP contribution >= 0.6 is 15.9 Å². The van der Waals surface area contributed by atoms with E-state index in [0.29, 0.717) is 30.5 Å². The number of nitrogens with zero attached hydrogens (tertiary/aromatic N) is 3. The van der Waals surface area contributed by atoms with Crippen LogP contribution in [0.4, 0.5) is 5.69 Å². The van der Waals surface area contributed by atoms with E-state index < -0.39 is 10.0 Å². The Kier molecular flexibility index (Phi) is 5.53. The van der Waals surface area contributed by atoms with Crippen LogP contribution in [0.3, 0.4) is 0 Å². The van der Waals surface area contributed by atoms with Gasteiger partial charge in [-0.3, -0.25) is 4.79 Å². The summed E-state index contributed by atoms with van der Waals surface area (Å²) < 4.78 is 28.4. The van der Waals surface area contributed by atoms with Gasteiger partial charge in [0.05, 0.1) is 4.90 Å². The van der Waals surface area contributed by atoms with Crippen molar-refractivity contribution in [2.75, 3.05) is 44.2 Å². The first-order valence-electron chi connectivity index (χ1n) is 8.73. The van der Waals surface area contributed by atoms with Crippen molar-refractivity contribution in [2.24, 2.45) is 0 Å². The van der Waals surface area contributed by atoms with E-state index in [9.17, 15) is 13.2 Å². The quantitative estimate of drug-likeness (QED) is 0.734. The summed E-state index contributed by atoms with van der Waals surface area (Å²) >= 11 is 3.43. The Labute approximate surface area is 158 Å². The summed E-state index contributed by atoms with van der Waals surface area (Å²) in [5.74, 6) is 0.0287. The molecule has 0 aliphatic carbocycles. The van der Waals surface area contributed by atoms with Gasteiger partial charge in [0.25, 0.3) is 0 Å². The van der Waals surface area contributed by atoms with E-state index in [1.165, 1.54) is 0 Å². The number of benzene rings is 1. The summed E-state index contributed by atoms with van der Waals surface area (Å²) in [7, 11) is -3.58. The Morgan fingerprint density at radius 2 is 1.80 bits per heavy atom. The maximum absolute atomic E-state index is 13.1. The highest BCUT2D eigenvalue weighted by atomic mass is 79.9. The number of halogens is 1. The molecule has 1 aromatic rings. The highest BCUT2D eigenvalue weighted by Crippen LogP contribution is 2.37. The smallest absolute Gasteiger partial charge is 0.244 e. The second-order valence-electron chi connectivity index (χ2n) is 6.40. The molecule has 2 aliphatic heterocycles. The summed E-state index contributed by atoms with van der Waals surface area (Å²) in [6.07, 6.45) is 1.17. The third kappa shape index (κ3) is 3.49. The molecule has 0 saturated carbocycles. The van der Waals surface area contributed by atoms with Gasteiger partial charge in [0.15, 0.2) is 0 Å². The molecule has 1 aromatic carbocycles. The molecule has 0 radical (unpaired) electrons. The van der Waals surface area contributed by atoms with Crippen molar-refractivity contribution in [3.05, 3.63) is 22.2 Å². The summed E-state index contributed by atoms with van der Waals surface area (Å²) in [4.78, 5) is 16.3. The number of amides is 1. The molecule has 0 spiro atoms. The second-order valence-corrected chi connectivity index (χ2v) is 9.16. The molecule has 2 aliphatic rings. The molecule has 1 amide bonds. The Morgan fingerprint density at radius 3 is 2.40 bits per heavy atom. The molecule has 8 heteroatoms. The van der Waals surface area contributed by atoms with Crippen molar-refractivity contribution in [2.45, 2.75) is 31.6 Å². The fraction of sp³-hybridized carbons (Fsp3) is 0.588. The van der Waals surface area contributed by atoms with Crippen molar-refractivity contribution >= 4 is 37.5 Å². The van der Waals surface area contributed by atoms with Gasteiger partial charge in [0, 0.05) is 49.3 Å². The van der Waals surface area contributed by atoms with Crippen molar-refractivity contribution in [1.82, 2.24) is 9.21 Å². The monoisotopic (exact) mass is 429 g/mol. The van der Waals surface area contributed by atoms with Crippen LogP contribution in [0.2, 0.25) is 0 Å². The molecule has 0 atom stereocenters. The minimum Gasteiger partial charge on any atom is -0.312 e. The number of hydrogen-bond acceptors (Lipinski definition) is 4. The van der Waals surface area contributed by atoms with Crippen molar-refractivity contribution < 1.29 is 13.2 Å². The summed E-state index contributed by atoms with van der Waals surface area (Å²) in [6, 6.07) is 3.52. The average molecular weight is 430 g/mol. The lowest BCUT2D eigenvalue weighted by molar-refractivity contribution is -0.118. The molecule has 0 bridgehead atoms. The number of carbonyl (C=O) groups excluding carboxylic acids is 1. The van der Waals surface area contributed by atoms with E-state index in [1.807, 2.05) is 13.0 Å². The number of rotatable bonds is 4. The Balaban J connectivity index is 1.93. The van der Waals surface area contributed by atoms with Crippen LogP contribution in [0, 0.1) is 0 Å². The average Bonchev–Trinajstić information content (AvgIpc) is 3.03. The van der Waals surface area contributed by atoms with Crippen LogP contribution in [-0.2, 0) is 21.2 Å². The number of carbonyl (C=O) groups is 1. The highest BCUT2D eigenvalue weighted by molar-refractivity contribution is 9.10. The Bertz CT molecular complexity index is 774. The zero-order valence-corrected chi connectivity index (χ0v) is 17.1. The number of anilines is 1. The highest BCUT2D eigenvalue weighted by Gasteiger charge is 2.33. The lowest BCUT2D eigenvalue weighted by atomic mass is 10.2. The predicted molar refractivity (Wildman–Crippen MR) is 101 cm³/mol. The minimum atomic E-state index is -3.58. The van der Waals surface area contributed by atoms with Gasteiger partial charge < -0.3 is 9.80 Å². The fourth-order valence-electron chi connectivity index (χ4n) is 3.46. The molecule has 138 valence electrons. The normalized spacial score (nSPS) is 19.2. The van der Waals surface area contributed by atoms with Gasteiger partial charge >= 0.3 is 0 Å². The van der Waals surface area contributed by atoms with Crippen LogP contribution in [0.15, 0.2) is 21.5 Å². The van der Waals surface area contributed by atoms with Gasteiger partial charge in [0.1, 0.15) is 0 Å². The summed E-state index contributed by atoms with van der Waals surface area (Å²) in [5, 5.41) is 0. The number of fused-ring (bicyclic) bond motifs is 1. The molecule has 25 heavy (non-hydrogen) atoms. The van der Waals surface area contributed by atoms with Gasteiger partial charge in [-0.15, -0.1) is 0 Å². The summed E-state index contributed by atoms with van der Waals surface area (Å²) in [6.45, 7) is 7.95. The zero-order chi connectivity index (χ0) is 18.2. The zero-order valence-electron chi connectivity index (χ0n) is 14.7. The van der Waals surface area contributed by atoms with Gasteiger partial charge in [-0.1, -0.05) is 13.8 Å². The number of sulfonamides is 1. The van der Waals surface area contributed by atoms with Gasteiger partial charge in [-0.2, -0.15) is 4.31 Å². The van der Waals surface area contributed by atoms with Gasteiger partial charge in [-0.05, 0) is 46.6 Å². The van der Waals surface area contributed by atoms with E-state index in [-0.39, 0.29) is 10.8 Å². The Hall–Kier alpha value is -0.960. The standard InChI is InChI=1S/C17H24BrN3O3S/c1-3-17(22)21-6-5-13-11-14(18)16(12-15(13)21)25(23,24)20-9-7-19(4-2)8-10-20/h11-12H,3-10H2,1-2H3. The Morgan fingerprint density at radius 1 is 1.12 bits per heavy atom. The molecule has 1 fully saturated rings. The van der Waals surface area contributed by atoms with E-state index >= 15 is 0 Å². The third-order valence-corrected chi connectivity index (χ3v) is 7.89. The first kappa shape index (κ1) is 18.8. The first-order valence-corrected chi connectivity index (χ1v) is 11.0.